The molecule has 0 fully saturated rings. The number of carbonyl (C=O) groups excluding carboxylic acids is 2. The number of ether oxygens (including phenoxy) is 1. The van der Waals surface area contributed by atoms with Crippen LogP contribution in [0, 0.1) is 5.92 Å². The number of nitrogens with zero attached hydrogens (tertiary/aromatic N) is 1. The summed E-state index contributed by atoms with van der Waals surface area (Å²) in [6, 6.07) is -0.617. The van der Waals surface area contributed by atoms with Gasteiger partial charge in [-0.1, -0.05) is 46.0 Å². The molecule has 0 aliphatic rings. The van der Waals surface area contributed by atoms with Crippen LogP contribution in [0.3, 0.4) is 0 Å². The molecule has 1 amide bonds. The van der Waals surface area contributed by atoms with Crippen LogP contribution in [0.15, 0.2) is 0 Å². The summed E-state index contributed by atoms with van der Waals surface area (Å²) in [5.74, 6) is -0.742. The Hall–Kier alpha value is -1.47. The molecule has 0 saturated heterocycles. The summed E-state index contributed by atoms with van der Waals surface area (Å²) in [6.45, 7) is 9.57. The summed E-state index contributed by atoms with van der Waals surface area (Å²) in [5, 5.41) is 3.03. The molecule has 0 unspecified atom stereocenters. The van der Waals surface area contributed by atoms with Crippen molar-refractivity contribution in [2.45, 2.75) is 46.1 Å². The third kappa shape index (κ3) is 4.25. The Bertz CT molecular complexity index is 532. The second kappa shape index (κ2) is 6.53. The quantitative estimate of drug-likeness (QED) is 0.831. The summed E-state index contributed by atoms with van der Waals surface area (Å²) in [5.41, 5.74) is 6.07. The lowest BCUT2D eigenvalue weighted by molar-refractivity contribution is -0.118. The summed E-state index contributed by atoms with van der Waals surface area (Å²) in [4.78, 5) is 28.6. The maximum absolute atomic E-state index is 12.0. The second-order valence-electron chi connectivity index (χ2n) is 6.20. The highest BCUT2D eigenvalue weighted by Crippen LogP contribution is 2.32. The average molecular weight is 313 g/mol. The first-order valence-corrected chi connectivity index (χ1v) is 7.55. The minimum Gasteiger partial charge on any atom is -0.465 e. The van der Waals surface area contributed by atoms with E-state index in [9.17, 15) is 9.59 Å². The van der Waals surface area contributed by atoms with Crippen LogP contribution >= 0.6 is 11.3 Å². The predicted octanol–water partition coefficient (Wildman–Crippen LogP) is 2.15. The van der Waals surface area contributed by atoms with Crippen molar-refractivity contribution < 1.29 is 14.3 Å². The van der Waals surface area contributed by atoms with E-state index in [0.717, 1.165) is 11.3 Å². The van der Waals surface area contributed by atoms with Crippen molar-refractivity contribution in [1.29, 1.82) is 0 Å². The number of nitrogens with one attached hydrogen (secondary N) is 1. The Labute approximate surface area is 129 Å². The van der Waals surface area contributed by atoms with E-state index in [4.69, 9.17) is 10.5 Å². The number of hydrogen-bond acceptors (Lipinski definition) is 6. The van der Waals surface area contributed by atoms with Gasteiger partial charge in [0.2, 0.25) is 5.91 Å². The maximum atomic E-state index is 12.0. The van der Waals surface area contributed by atoms with Crippen LogP contribution in [0.4, 0.5) is 5.13 Å². The Morgan fingerprint density at radius 1 is 1.33 bits per heavy atom. The minimum atomic E-state index is -0.617. The lowest BCUT2D eigenvalue weighted by Crippen LogP contribution is -2.39. The summed E-state index contributed by atoms with van der Waals surface area (Å²) in [7, 11) is 1.32. The highest BCUT2D eigenvalue weighted by Gasteiger charge is 2.29. The fourth-order valence-electron chi connectivity index (χ4n) is 1.60. The molecule has 3 N–H and O–H groups in total. The van der Waals surface area contributed by atoms with Crippen LogP contribution in [0.25, 0.3) is 0 Å². The normalized spacial score (nSPS) is 13.1. The molecule has 0 saturated carbocycles. The monoisotopic (exact) mass is 313 g/mol. The van der Waals surface area contributed by atoms with Crippen molar-refractivity contribution in [3.05, 3.63) is 10.6 Å². The Morgan fingerprint density at radius 3 is 2.33 bits per heavy atom. The zero-order valence-electron chi connectivity index (χ0n) is 13.3. The van der Waals surface area contributed by atoms with Crippen LogP contribution < -0.4 is 11.1 Å². The van der Waals surface area contributed by atoms with Gasteiger partial charge in [-0.2, -0.15) is 0 Å². The Kier molecular flexibility index (Phi) is 5.47. The molecule has 0 aliphatic heterocycles. The van der Waals surface area contributed by atoms with Gasteiger partial charge in [0.05, 0.1) is 18.8 Å². The van der Waals surface area contributed by atoms with Crippen LogP contribution in [-0.2, 0) is 14.9 Å². The molecular formula is C14H23N3O3S. The Balaban J connectivity index is 3.09. The van der Waals surface area contributed by atoms with Crippen LogP contribution in [0.1, 0.15) is 50.0 Å². The van der Waals surface area contributed by atoms with Gasteiger partial charge in [0.15, 0.2) is 5.13 Å². The van der Waals surface area contributed by atoms with E-state index in [2.05, 4.69) is 10.3 Å². The van der Waals surface area contributed by atoms with Gasteiger partial charge in [-0.25, -0.2) is 9.78 Å². The number of anilines is 1. The number of amides is 1. The molecule has 1 atom stereocenters. The molecule has 0 spiro atoms. The highest BCUT2D eigenvalue weighted by atomic mass is 32.1. The van der Waals surface area contributed by atoms with Gasteiger partial charge < -0.3 is 15.8 Å². The lowest BCUT2D eigenvalue weighted by atomic mass is 9.91. The molecule has 1 aromatic heterocycles. The van der Waals surface area contributed by atoms with E-state index in [1.54, 1.807) is 0 Å². The summed E-state index contributed by atoms with van der Waals surface area (Å²) in [6.07, 6.45) is 0. The summed E-state index contributed by atoms with van der Waals surface area (Å²) >= 11 is 1.10. The number of esters is 1. The average Bonchev–Trinajstić information content (AvgIpc) is 2.80. The number of nitrogens with two attached hydrogens (primary N) is 1. The maximum Gasteiger partial charge on any atom is 0.350 e. The van der Waals surface area contributed by atoms with Crippen molar-refractivity contribution in [3.8, 4) is 0 Å². The first-order chi connectivity index (χ1) is 9.57. The first-order valence-electron chi connectivity index (χ1n) is 6.74. The first kappa shape index (κ1) is 17.6. The molecule has 6 nitrogen and oxygen atoms in total. The smallest absolute Gasteiger partial charge is 0.350 e. The lowest BCUT2D eigenvalue weighted by Gasteiger charge is -2.16. The van der Waals surface area contributed by atoms with E-state index in [1.807, 2.05) is 34.6 Å². The molecule has 7 heteroatoms. The van der Waals surface area contributed by atoms with Gasteiger partial charge in [-0.3, -0.25) is 4.79 Å². The van der Waals surface area contributed by atoms with Crippen LogP contribution in [-0.4, -0.2) is 30.0 Å². The van der Waals surface area contributed by atoms with Crippen molar-refractivity contribution >= 4 is 28.3 Å². The molecule has 0 bridgehead atoms. The molecule has 1 aromatic rings. The predicted molar refractivity (Wildman–Crippen MR) is 83.6 cm³/mol. The van der Waals surface area contributed by atoms with Crippen molar-refractivity contribution in [3.63, 3.8) is 0 Å². The molecule has 1 rings (SSSR count). The van der Waals surface area contributed by atoms with E-state index in [0.29, 0.717) is 15.7 Å². The SMILES string of the molecule is COC(=O)c1sc(NC(=O)[C@@H](N)C(C)C)nc1C(C)(C)C. The van der Waals surface area contributed by atoms with Gasteiger partial charge in [0, 0.05) is 5.41 Å². The zero-order valence-corrected chi connectivity index (χ0v) is 14.1. The van der Waals surface area contributed by atoms with Gasteiger partial charge in [-0.15, -0.1) is 0 Å². The van der Waals surface area contributed by atoms with Crippen molar-refractivity contribution in [2.24, 2.45) is 11.7 Å². The molecule has 118 valence electrons. The van der Waals surface area contributed by atoms with Crippen LogP contribution in [0.5, 0.6) is 0 Å². The highest BCUT2D eigenvalue weighted by molar-refractivity contribution is 7.17. The third-order valence-corrected chi connectivity index (χ3v) is 3.91. The van der Waals surface area contributed by atoms with Gasteiger partial charge in [-0.05, 0) is 5.92 Å². The van der Waals surface area contributed by atoms with Gasteiger partial charge in [0.1, 0.15) is 4.88 Å². The second-order valence-corrected chi connectivity index (χ2v) is 7.20. The fraction of sp³-hybridized carbons (Fsp3) is 0.643. The number of rotatable bonds is 4. The standard InChI is InChI=1S/C14H23N3O3S/c1-7(2)8(15)11(18)17-13-16-10(14(3,4)5)9(21-13)12(19)20-6/h7-8H,15H2,1-6H3,(H,16,17,18)/t8-/m0/s1. The van der Waals surface area contributed by atoms with Crippen molar-refractivity contribution in [2.75, 3.05) is 12.4 Å². The number of aromatic nitrogens is 1. The van der Waals surface area contributed by atoms with Crippen molar-refractivity contribution in [1.82, 2.24) is 4.98 Å². The molecule has 0 aromatic carbocycles. The zero-order chi connectivity index (χ0) is 16.4. The van der Waals surface area contributed by atoms with E-state index in [-0.39, 0.29) is 17.2 Å². The topological polar surface area (TPSA) is 94.3 Å². The van der Waals surface area contributed by atoms with Gasteiger partial charge in [0.25, 0.3) is 0 Å². The minimum absolute atomic E-state index is 0.0205. The number of carbonyl (C=O) groups is 2. The Morgan fingerprint density at radius 2 is 1.90 bits per heavy atom. The molecule has 1 heterocycles. The number of methoxy groups -OCH3 is 1. The fourth-order valence-corrected chi connectivity index (χ4v) is 2.70. The number of hydrogen-bond donors (Lipinski definition) is 2. The van der Waals surface area contributed by atoms with Gasteiger partial charge >= 0.3 is 5.97 Å². The van der Waals surface area contributed by atoms with E-state index in [1.165, 1.54) is 7.11 Å². The largest absolute Gasteiger partial charge is 0.465 e. The summed E-state index contributed by atoms with van der Waals surface area (Å²) < 4.78 is 4.77. The third-order valence-electron chi connectivity index (χ3n) is 2.96. The van der Waals surface area contributed by atoms with E-state index >= 15 is 0 Å². The number of thiazole rings is 1. The molecule has 0 radical (unpaired) electrons. The molecule has 21 heavy (non-hydrogen) atoms. The van der Waals surface area contributed by atoms with Crippen LogP contribution in [0.2, 0.25) is 0 Å². The molecule has 0 aliphatic carbocycles. The molecular weight excluding hydrogens is 290 g/mol. The van der Waals surface area contributed by atoms with E-state index < -0.39 is 12.0 Å².